The van der Waals surface area contributed by atoms with Crippen LogP contribution in [0.2, 0.25) is 0 Å². The van der Waals surface area contributed by atoms with Gasteiger partial charge in [0.2, 0.25) is 5.91 Å². The lowest BCUT2D eigenvalue weighted by Gasteiger charge is -2.46. The number of fused-ring (bicyclic) bond motifs is 1. The molecule has 5 nitrogen and oxygen atoms in total. The first-order valence-electron chi connectivity index (χ1n) is 8.94. The summed E-state index contributed by atoms with van der Waals surface area (Å²) < 4.78 is 0. The number of hydrogen-bond donors (Lipinski definition) is 1. The SMILES string of the molecule is CN1CCC(C)(C(=O)N2CC(Cc3nccc4cc[nH]c34)C2)CC1. The molecule has 0 radical (unpaired) electrons. The number of pyridine rings is 1. The summed E-state index contributed by atoms with van der Waals surface area (Å²) in [5.41, 5.74) is 2.11. The van der Waals surface area contributed by atoms with Crippen molar-refractivity contribution in [1.82, 2.24) is 19.8 Å². The van der Waals surface area contributed by atoms with Crippen molar-refractivity contribution in [3.8, 4) is 0 Å². The molecule has 2 fully saturated rings. The molecule has 2 aromatic heterocycles. The van der Waals surface area contributed by atoms with Crippen LogP contribution in [0, 0.1) is 11.3 Å². The maximum atomic E-state index is 12.9. The quantitative estimate of drug-likeness (QED) is 0.941. The van der Waals surface area contributed by atoms with E-state index in [1.54, 1.807) is 0 Å². The van der Waals surface area contributed by atoms with Crippen LogP contribution in [0.15, 0.2) is 24.5 Å². The smallest absolute Gasteiger partial charge is 0.228 e. The standard InChI is InChI=1S/C19H26N4O/c1-19(5-9-22(2)10-6-19)18(24)23-12-14(13-23)11-16-17-15(3-7-20-16)4-8-21-17/h3-4,7-8,14,21H,5-6,9-13H2,1-2H3. The Morgan fingerprint density at radius 1 is 1.33 bits per heavy atom. The van der Waals surface area contributed by atoms with E-state index in [1.807, 2.05) is 18.5 Å². The monoisotopic (exact) mass is 326 g/mol. The normalized spacial score (nSPS) is 21.8. The predicted octanol–water partition coefficient (Wildman–Crippen LogP) is 2.30. The van der Waals surface area contributed by atoms with E-state index in [9.17, 15) is 4.79 Å². The third-order valence-electron chi connectivity index (χ3n) is 5.89. The Morgan fingerprint density at radius 2 is 2.08 bits per heavy atom. The van der Waals surface area contributed by atoms with Gasteiger partial charge in [-0.1, -0.05) is 6.92 Å². The Hall–Kier alpha value is -1.88. The van der Waals surface area contributed by atoms with Crippen molar-refractivity contribution >= 4 is 16.8 Å². The maximum absolute atomic E-state index is 12.9. The third kappa shape index (κ3) is 2.71. The number of rotatable bonds is 3. The van der Waals surface area contributed by atoms with Crippen molar-refractivity contribution in [2.45, 2.75) is 26.2 Å². The van der Waals surface area contributed by atoms with Crippen molar-refractivity contribution in [2.24, 2.45) is 11.3 Å². The van der Waals surface area contributed by atoms with E-state index in [0.717, 1.165) is 56.7 Å². The molecule has 24 heavy (non-hydrogen) atoms. The molecule has 0 bridgehead atoms. The molecule has 2 aliphatic heterocycles. The van der Waals surface area contributed by atoms with E-state index in [1.165, 1.54) is 5.39 Å². The third-order valence-corrected chi connectivity index (χ3v) is 5.89. The van der Waals surface area contributed by atoms with Crippen molar-refractivity contribution in [3.05, 3.63) is 30.2 Å². The van der Waals surface area contributed by atoms with E-state index in [-0.39, 0.29) is 5.41 Å². The fraction of sp³-hybridized carbons (Fsp3) is 0.579. The summed E-state index contributed by atoms with van der Waals surface area (Å²) in [4.78, 5) is 25.1. The summed E-state index contributed by atoms with van der Waals surface area (Å²) in [6, 6.07) is 4.12. The van der Waals surface area contributed by atoms with Gasteiger partial charge >= 0.3 is 0 Å². The number of piperidine rings is 1. The number of aromatic amines is 1. The van der Waals surface area contributed by atoms with Crippen LogP contribution in [-0.4, -0.2) is 58.9 Å². The molecule has 128 valence electrons. The topological polar surface area (TPSA) is 52.2 Å². The highest BCUT2D eigenvalue weighted by atomic mass is 16.2. The van der Waals surface area contributed by atoms with Gasteiger partial charge in [-0.25, -0.2) is 0 Å². The van der Waals surface area contributed by atoms with Crippen LogP contribution in [0.1, 0.15) is 25.5 Å². The zero-order valence-electron chi connectivity index (χ0n) is 14.6. The van der Waals surface area contributed by atoms with Crippen molar-refractivity contribution < 1.29 is 4.79 Å². The summed E-state index contributed by atoms with van der Waals surface area (Å²) in [5.74, 6) is 0.892. The number of carbonyl (C=O) groups excluding carboxylic acids is 1. The van der Waals surface area contributed by atoms with E-state index < -0.39 is 0 Å². The molecule has 1 amide bonds. The summed E-state index contributed by atoms with van der Waals surface area (Å²) in [6.07, 6.45) is 6.75. The number of hydrogen-bond acceptors (Lipinski definition) is 3. The number of amides is 1. The number of nitrogens with one attached hydrogen (secondary N) is 1. The first-order valence-corrected chi connectivity index (χ1v) is 8.94. The molecule has 5 heteroatoms. The lowest BCUT2D eigenvalue weighted by molar-refractivity contribution is -0.150. The van der Waals surface area contributed by atoms with E-state index in [2.05, 4.69) is 39.8 Å². The lowest BCUT2D eigenvalue weighted by Crippen LogP contribution is -2.57. The molecule has 0 aromatic carbocycles. The second-order valence-corrected chi connectivity index (χ2v) is 7.84. The molecule has 0 unspecified atom stereocenters. The second-order valence-electron chi connectivity index (χ2n) is 7.84. The zero-order chi connectivity index (χ0) is 16.7. The number of carbonyl (C=O) groups is 1. The van der Waals surface area contributed by atoms with Gasteiger partial charge in [0.05, 0.1) is 11.2 Å². The molecule has 4 rings (SSSR count). The van der Waals surface area contributed by atoms with Crippen LogP contribution >= 0.6 is 0 Å². The van der Waals surface area contributed by atoms with Crippen LogP contribution in [0.25, 0.3) is 10.9 Å². The largest absolute Gasteiger partial charge is 0.360 e. The molecule has 0 aliphatic carbocycles. The first-order chi connectivity index (χ1) is 11.5. The minimum atomic E-state index is -0.158. The van der Waals surface area contributed by atoms with Gasteiger partial charge < -0.3 is 14.8 Å². The summed E-state index contributed by atoms with van der Waals surface area (Å²) in [7, 11) is 2.14. The van der Waals surface area contributed by atoms with Crippen molar-refractivity contribution in [3.63, 3.8) is 0 Å². The molecule has 2 aromatic rings. The molecule has 2 saturated heterocycles. The van der Waals surface area contributed by atoms with Crippen LogP contribution in [0.3, 0.4) is 0 Å². The molecule has 1 N–H and O–H groups in total. The van der Waals surface area contributed by atoms with Gasteiger partial charge in [-0.2, -0.15) is 0 Å². The fourth-order valence-electron chi connectivity index (χ4n) is 4.04. The first kappa shape index (κ1) is 15.6. The Morgan fingerprint density at radius 3 is 2.83 bits per heavy atom. The van der Waals surface area contributed by atoms with Gasteiger partial charge in [-0.05, 0) is 57.5 Å². The lowest BCUT2D eigenvalue weighted by atomic mass is 9.77. The Balaban J connectivity index is 1.36. The van der Waals surface area contributed by atoms with Crippen LogP contribution in [0.5, 0.6) is 0 Å². The highest BCUT2D eigenvalue weighted by Crippen LogP contribution is 2.35. The average Bonchev–Trinajstić information content (AvgIpc) is 3.02. The zero-order valence-corrected chi connectivity index (χ0v) is 14.6. The van der Waals surface area contributed by atoms with Crippen LogP contribution in [-0.2, 0) is 11.2 Å². The predicted molar refractivity (Wildman–Crippen MR) is 94.7 cm³/mol. The minimum Gasteiger partial charge on any atom is -0.360 e. The summed E-state index contributed by atoms with van der Waals surface area (Å²) in [5, 5.41) is 1.21. The summed E-state index contributed by atoms with van der Waals surface area (Å²) >= 11 is 0. The highest BCUT2D eigenvalue weighted by Gasteiger charge is 2.42. The van der Waals surface area contributed by atoms with Crippen molar-refractivity contribution in [1.29, 1.82) is 0 Å². The molecule has 4 heterocycles. The minimum absolute atomic E-state index is 0.158. The van der Waals surface area contributed by atoms with Crippen LogP contribution < -0.4 is 0 Å². The van der Waals surface area contributed by atoms with Gasteiger partial charge in [-0.3, -0.25) is 9.78 Å². The number of aromatic nitrogens is 2. The Labute approximate surface area is 143 Å². The Kier molecular flexibility index (Phi) is 3.83. The summed E-state index contributed by atoms with van der Waals surface area (Å²) in [6.45, 7) is 5.96. The fourth-order valence-corrected chi connectivity index (χ4v) is 4.04. The molecule has 0 spiro atoms. The van der Waals surface area contributed by atoms with E-state index >= 15 is 0 Å². The van der Waals surface area contributed by atoms with E-state index in [0.29, 0.717) is 11.8 Å². The van der Waals surface area contributed by atoms with E-state index in [4.69, 9.17) is 0 Å². The number of nitrogens with zero attached hydrogens (tertiary/aromatic N) is 3. The molecule has 2 aliphatic rings. The van der Waals surface area contributed by atoms with Gasteiger partial charge in [0, 0.05) is 36.3 Å². The number of likely N-dealkylation sites (tertiary alicyclic amines) is 2. The van der Waals surface area contributed by atoms with Crippen molar-refractivity contribution in [2.75, 3.05) is 33.2 Å². The molecular weight excluding hydrogens is 300 g/mol. The highest BCUT2D eigenvalue weighted by molar-refractivity contribution is 5.83. The molecular formula is C19H26N4O. The number of H-pyrrole nitrogens is 1. The molecule has 0 saturated carbocycles. The van der Waals surface area contributed by atoms with Crippen LogP contribution in [0.4, 0.5) is 0 Å². The van der Waals surface area contributed by atoms with Gasteiger partial charge in [0.15, 0.2) is 0 Å². The average molecular weight is 326 g/mol. The van der Waals surface area contributed by atoms with Gasteiger partial charge in [0.25, 0.3) is 0 Å². The Bertz CT molecular complexity index is 739. The van der Waals surface area contributed by atoms with Gasteiger partial charge in [-0.15, -0.1) is 0 Å². The second kappa shape index (κ2) is 5.88. The molecule has 0 atom stereocenters. The van der Waals surface area contributed by atoms with Gasteiger partial charge in [0.1, 0.15) is 0 Å². The maximum Gasteiger partial charge on any atom is 0.228 e.